The molecular formula is C9H16ClN3. The smallest absolute Gasteiger partial charge is 0.174 e. The van der Waals surface area contributed by atoms with Crippen molar-refractivity contribution >= 4 is 11.6 Å². The number of rotatable bonds is 4. The van der Waals surface area contributed by atoms with Crippen LogP contribution in [0.1, 0.15) is 32.9 Å². The number of hydrogen-bond acceptors (Lipinski definition) is 2. The van der Waals surface area contributed by atoms with E-state index in [1.54, 1.807) is 0 Å². The van der Waals surface area contributed by atoms with Crippen molar-refractivity contribution < 1.29 is 0 Å². The van der Waals surface area contributed by atoms with Gasteiger partial charge in [0.15, 0.2) is 5.15 Å². The fraction of sp³-hybridized carbons (Fsp3) is 0.778. The molecule has 3 nitrogen and oxygen atoms in total. The van der Waals surface area contributed by atoms with Crippen molar-refractivity contribution in [3.05, 3.63) is 10.8 Å². The Labute approximate surface area is 84.1 Å². The van der Waals surface area contributed by atoms with Crippen molar-refractivity contribution in [3.63, 3.8) is 0 Å². The molecule has 0 amide bonds. The Kier molecular flexibility index (Phi) is 3.72. The minimum absolute atomic E-state index is 0.558. The lowest BCUT2D eigenvalue weighted by Crippen LogP contribution is -2.07. The van der Waals surface area contributed by atoms with Gasteiger partial charge in [-0.3, -0.25) is 0 Å². The quantitative estimate of drug-likeness (QED) is 0.750. The SMILES string of the molecule is CCCn1nnc(Cl)c1CC(C)C. The molecule has 0 saturated carbocycles. The molecule has 1 aromatic heterocycles. The van der Waals surface area contributed by atoms with E-state index >= 15 is 0 Å². The molecule has 1 aromatic rings. The van der Waals surface area contributed by atoms with Crippen molar-refractivity contribution in [2.75, 3.05) is 0 Å². The van der Waals surface area contributed by atoms with Crippen molar-refractivity contribution in [1.82, 2.24) is 15.0 Å². The molecule has 0 aliphatic heterocycles. The topological polar surface area (TPSA) is 30.7 Å². The summed E-state index contributed by atoms with van der Waals surface area (Å²) in [5.41, 5.74) is 1.07. The van der Waals surface area contributed by atoms with E-state index in [1.165, 1.54) is 0 Å². The van der Waals surface area contributed by atoms with Gasteiger partial charge in [-0.1, -0.05) is 37.6 Å². The van der Waals surface area contributed by atoms with Crippen molar-refractivity contribution in [3.8, 4) is 0 Å². The van der Waals surface area contributed by atoms with Gasteiger partial charge in [-0.15, -0.1) is 5.10 Å². The van der Waals surface area contributed by atoms with Gasteiger partial charge >= 0.3 is 0 Å². The largest absolute Gasteiger partial charge is 0.248 e. The summed E-state index contributed by atoms with van der Waals surface area (Å²) in [5, 5.41) is 8.42. The maximum atomic E-state index is 5.93. The highest BCUT2D eigenvalue weighted by Crippen LogP contribution is 2.16. The minimum atomic E-state index is 0.558. The molecule has 0 radical (unpaired) electrons. The van der Waals surface area contributed by atoms with Crippen LogP contribution in [-0.4, -0.2) is 15.0 Å². The zero-order chi connectivity index (χ0) is 9.84. The van der Waals surface area contributed by atoms with E-state index in [2.05, 4.69) is 31.1 Å². The third-order valence-electron chi connectivity index (χ3n) is 1.83. The zero-order valence-corrected chi connectivity index (χ0v) is 9.17. The zero-order valence-electron chi connectivity index (χ0n) is 8.42. The number of hydrogen-bond donors (Lipinski definition) is 0. The van der Waals surface area contributed by atoms with Gasteiger partial charge in [0, 0.05) is 6.54 Å². The van der Waals surface area contributed by atoms with Crippen LogP contribution in [0.25, 0.3) is 0 Å². The second-order valence-corrected chi connectivity index (χ2v) is 4.01. The summed E-state index contributed by atoms with van der Waals surface area (Å²) in [6, 6.07) is 0. The second kappa shape index (κ2) is 4.61. The maximum absolute atomic E-state index is 5.93. The van der Waals surface area contributed by atoms with Crippen LogP contribution in [0.15, 0.2) is 0 Å². The molecule has 13 heavy (non-hydrogen) atoms. The van der Waals surface area contributed by atoms with E-state index in [0.29, 0.717) is 11.1 Å². The number of nitrogens with zero attached hydrogens (tertiary/aromatic N) is 3. The molecular weight excluding hydrogens is 186 g/mol. The summed E-state index contributed by atoms with van der Waals surface area (Å²) in [4.78, 5) is 0. The first kappa shape index (κ1) is 10.5. The fourth-order valence-electron chi connectivity index (χ4n) is 1.28. The predicted molar refractivity (Wildman–Crippen MR) is 53.9 cm³/mol. The molecule has 0 N–H and O–H groups in total. The summed E-state index contributed by atoms with van der Waals surface area (Å²) >= 11 is 5.93. The van der Waals surface area contributed by atoms with Crippen molar-refractivity contribution in [2.24, 2.45) is 5.92 Å². The molecule has 0 fully saturated rings. The Bertz CT molecular complexity index is 268. The first-order valence-corrected chi connectivity index (χ1v) is 5.10. The summed E-state index contributed by atoms with van der Waals surface area (Å²) in [5.74, 6) is 0.589. The number of aryl methyl sites for hydroxylation is 1. The predicted octanol–water partition coefficient (Wildman–Crippen LogP) is 2.54. The molecule has 0 atom stereocenters. The van der Waals surface area contributed by atoms with Crippen molar-refractivity contribution in [1.29, 1.82) is 0 Å². The van der Waals surface area contributed by atoms with E-state index in [4.69, 9.17) is 11.6 Å². The first-order valence-electron chi connectivity index (χ1n) is 4.73. The second-order valence-electron chi connectivity index (χ2n) is 3.65. The Balaban J connectivity index is 2.81. The summed E-state index contributed by atoms with van der Waals surface area (Å²) < 4.78 is 1.91. The molecule has 4 heteroatoms. The van der Waals surface area contributed by atoms with E-state index in [9.17, 15) is 0 Å². The molecule has 0 aliphatic carbocycles. The minimum Gasteiger partial charge on any atom is -0.248 e. The monoisotopic (exact) mass is 201 g/mol. The first-order chi connectivity index (χ1) is 6.15. The van der Waals surface area contributed by atoms with Gasteiger partial charge in [-0.2, -0.15) is 0 Å². The molecule has 0 saturated heterocycles. The molecule has 0 spiro atoms. The molecule has 1 heterocycles. The molecule has 0 aliphatic rings. The van der Waals surface area contributed by atoms with Gasteiger partial charge in [-0.25, -0.2) is 4.68 Å². The third kappa shape index (κ3) is 2.69. The lowest BCUT2D eigenvalue weighted by molar-refractivity contribution is 0.526. The van der Waals surface area contributed by atoms with Crippen LogP contribution in [0.4, 0.5) is 0 Å². The maximum Gasteiger partial charge on any atom is 0.174 e. The van der Waals surface area contributed by atoms with Gasteiger partial charge in [-0.05, 0) is 18.8 Å². The van der Waals surface area contributed by atoms with Crippen LogP contribution in [-0.2, 0) is 13.0 Å². The molecule has 74 valence electrons. The van der Waals surface area contributed by atoms with E-state index in [-0.39, 0.29) is 0 Å². The van der Waals surface area contributed by atoms with Gasteiger partial charge in [0.05, 0.1) is 5.69 Å². The normalized spacial score (nSPS) is 11.2. The highest BCUT2D eigenvalue weighted by molar-refractivity contribution is 6.29. The van der Waals surface area contributed by atoms with Crippen LogP contribution in [0.3, 0.4) is 0 Å². The van der Waals surface area contributed by atoms with Crippen LogP contribution in [0, 0.1) is 5.92 Å². The number of aromatic nitrogens is 3. The number of halogens is 1. The lowest BCUT2D eigenvalue weighted by atomic mass is 10.1. The summed E-state index contributed by atoms with van der Waals surface area (Å²) in [7, 11) is 0. The standard InChI is InChI=1S/C9H16ClN3/c1-4-5-13-8(6-7(2)3)9(10)11-12-13/h7H,4-6H2,1-3H3. The van der Waals surface area contributed by atoms with Crippen LogP contribution in [0.2, 0.25) is 5.15 Å². The van der Waals surface area contributed by atoms with Crippen LogP contribution in [0.5, 0.6) is 0 Å². The Hall–Kier alpha value is -0.570. The third-order valence-corrected chi connectivity index (χ3v) is 2.12. The molecule has 1 rings (SSSR count). The lowest BCUT2D eigenvalue weighted by Gasteiger charge is -2.06. The highest BCUT2D eigenvalue weighted by atomic mass is 35.5. The summed E-state index contributed by atoms with van der Waals surface area (Å²) in [6.07, 6.45) is 2.01. The Morgan fingerprint density at radius 2 is 2.15 bits per heavy atom. The average Bonchev–Trinajstić information content (AvgIpc) is 2.36. The molecule has 0 aromatic carbocycles. The van der Waals surface area contributed by atoms with Crippen LogP contribution >= 0.6 is 11.6 Å². The van der Waals surface area contributed by atoms with Gasteiger partial charge in [0.25, 0.3) is 0 Å². The fourth-order valence-corrected chi connectivity index (χ4v) is 1.49. The van der Waals surface area contributed by atoms with E-state index in [1.807, 2.05) is 4.68 Å². The van der Waals surface area contributed by atoms with Crippen LogP contribution < -0.4 is 0 Å². The summed E-state index contributed by atoms with van der Waals surface area (Å²) in [6.45, 7) is 7.36. The van der Waals surface area contributed by atoms with Gasteiger partial charge in [0.1, 0.15) is 0 Å². The average molecular weight is 202 g/mol. The molecule has 0 unspecified atom stereocenters. The molecule has 0 bridgehead atoms. The van der Waals surface area contributed by atoms with E-state index in [0.717, 1.165) is 25.1 Å². The Morgan fingerprint density at radius 1 is 1.46 bits per heavy atom. The van der Waals surface area contributed by atoms with Crippen molar-refractivity contribution in [2.45, 2.75) is 40.2 Å². The van der Waals surface area contributed by atoms with E-state index < -0.39 is 0 Å². The Morgan fingerprint density at radius 3 is 2.69 bits per heavy atom. The van der Waals surface area contributed by atoms with Gasteiger partial charge in [0.2, 0.25) is 0 Å². The van der Waals surface area contributed by atoms with Gasteiger partial charge < -0.3 is 0 Å². The highest BCUT2D eigenvalue weighted by Gasteiger charge is 2.11.